The summed E-state index contributed by atoms with van der Waals surface area (Å²) in [6.07, 6.45) is 0.861. The topological polar surface area (TPSA) is 66.8 Å². The van der Waals surface area contributed by atoms with E-state index in [1.165, 1.54) is 0 Å². The van der Waals surface area contributed by atoms with Crippen LogP contribution >= 0.6 is 0 Å². The Kier molecular flexibility index (Phi) is 3.93. The van der Waals surface area contributed by atoms with Gasteiger partial charge >= 0.3 is 12.1 Å². The van der Waals surface area contributed by atoms with Crippen LogP contribution in [0.3, 0.4) is 0 Å². The first-order chi connectivity index (χ1) is 8.05. The van der Waals surface area contributed by atoms with Crippen LogP contribution in [0, 0.1) is 5.92 Å². The third-order valence-electron chi connectivity index (χ3n) is 3.33. The lowest BCUT2D eigenvalue weighted by Gasteiger charge is -2.46. The molecule has 1 unspecified atom stereocenters. The summed E-state index contributed by atoms with van der Waals surface area (Å²) >= 11 is 0. The number of carbonyl (C=O) groups excluding carboxylic acids is 1. The van der Waals surface area contributed by atoms with Crippen LogP contribution in [0.15, 0.2) is 0 Å². The van der Waals surface area contributed by atoms with Crippen LogP contribution in [0.1, 0.15) is 47.5 Å². The SMILES string of the molecule is CC(C)(C)OC(=O)N1CCCC(C(=O)O)C1(C)C. The van der Waals surface area contributed by atoms with Gasteiger partial charge in [0, 0.05) is 6.54 Å². The van der Waals surface area contributed by atoms with E-state index in [0.717, 1.165) is 0 Å². The summed E-state index contributed by atoms with van der Waals surface area (Å²) in [6.45, 7) is 9.53. The Morgan fingerprint density at radius 3 is 2.33 bits per heavy atom. The third kappa shape index (κ3) is 3.15. The van der Waals surface area contributed by atoms with Crippen LogP contribution < -0.4 is 0 Å². The molecule has 1 aliphatic rings. The molecule has 0 saturated carbocycles. The summed E-state index contributed by atoms with van der Waals surface area (Å²) in [7, 11) is 0. The summed E-state index contributed by atoms with van der Waals surface area (Å²) < 4.78 is 5.33. The monoisotopic (exact) mass is 257 g/mol. The summed E-state index contributed by atoms with van der Waals surface area (Å²) in [5, 5.41) is 9.23. The van der Waals surface area contributed by atoms with Crippen molar-refractivity contribution in [3.05, 3.63) is 0 Å². The first kappa shape index (κ1) is 14.8. The lowest BCUT2D eigenvalue weighted by molar-refractivity contribution is -0.149. The average molecular weight is 257 g/mol. The van der Waals surface area contributed by atoms with E-state index in [9.17, 15) is 14.7 Å². The summed E-state index contributed by atoms with van der Waals surface area (Å²) in [6, 6.07) is 0. The molecule has 1 aliphatic heterocycles. The van der Waals surface area contributed by atoms with Crippen molar-refractivity contribution in [1.82, 2.24) is 4.90 Å². The number of carboxylic acids is 1. The molecule has 1 saturated heterocycles. The van der Waals surface area contributed by atoms with Crippen molar-refractivity contribution in [2.24, 2.45) is 5.92 Å². The molecule has 1 heterocycles. The second-order valence-electron chi connectivity index (χ2n) is 6.32. The molecule has 5 heteroatoms. The van der Waals surface area contributed by atoms with Gasteiger partial charge in [-0.3, -0.25) is 4.79 Å². The van der Waals surface area contributed by atoms with E-state index in [4.69, 9.17) is 4.74 Å². The van der Waals surface area contributed by atoms with Gasteiger partial charge in [0.15, 0.2) is 0 Å². The van der Waals surface area contributed by atoms with Crippen molar-refractivity contribution in [3.63, 3.8) is 0 Å². The number of hydrogen-bond donors (Lipinski definition) is 1. The highest BCUT2D eigenvalue weighted by molar-refractivity contribution is 5.75. The van der Waals surface area contributed by atoms with Crippen molar-refractivity contribution in [2.45, 2.75) is 58.6 Å². The molecule has 5 nitrogen and oxygen atoms in total. The zero-order chi connectivity index (χ0) is 14.1. The Hall–Kier alpha value is -1.26. The van der Waals surface area contributed by atoms with Crippen LogP contribution in [-0.4, -0.2) is 39.8 Å². The van der Waals surface area contributed by atoms with Crippen molar-refractivity contribution in [3.8, 4) is 0 Å². The van der Waals surface area contributed by atoms with Crippen molar-refractivity contribution in [1.29, 1.82) is 0 Å². The van der Waals surface area contributed by atoms with Gasteiger partial charge < -0.3 is 14.7 Å². The van der Waals surface area contributed by atoms with E-state index in [0.29, 0.717) is 19.4 Å². The fourth-order valence-corrected chi connectivity index (χ4v) is 2.35. The van der Waals surface area contributed by atoms with Gasteiger partial charge in [0.2, 0.25) is 0 Å². The number of carbonyl (C=O) groups is 2. The van der Waals surface area contributed by atoms with Crippen LogP contribution in [0.5, 0.6) is 0 Å². The van der Waals surface area contributed by atoms with Crippen LogP contribution in [-0.2, 0) is 9.53 Å². The molecule has 0 aromatic carbocycles. The maximum absolute atomic E-state index is 12.1. The van der Waals surface area contributed by atoms with Crippen molar-refractivity contribution in [2.75, 3.05) is 6.54 Å². The van der Waals surface area contributed by atoms with Crippen LogP contribution in [0.2, 0.25) is 0 Å². The Morgan fingerprint density at radius 1 is 1.33 bits per heavy atom. The van der Waals surface area contributed by atoms with Gasteiger partial charge in [-0.25, -0.2) is 4.79 Å². The van der Waals surface area contributed by atoms with E-state index in [1.807, 2.05) is 0 Å². The zero-order valence-corrected chi connectivity index (χ0v) is 11.8. The van der Waals surface area contributed by atoms with Crippen LogP contribution in [0.25, 0.3) is 0 Å². The minimum absolute atomic E-state index is 0.432. The summed E-state index contributed by atoms with van der Waals surface area (Å²) in [5.74, 6) is -1.40. The van der Waals surface area contributed by atoms with E-state index in [1.54, 1.807) is 39.5 Å². The highest BCUT2D eigenvalue weighted by Crippen LogP contribution is 2.34. The number of carboxylic acid groups (broad SMARTS) is 1. The van der Waals surface area contributed by atoms with Gasteiger partial charge in [-0.1, -0.05) is 0 Å². The molecule has 1 N–H and O–H groups in total. The second kappa shape index (κ2) is 4.78. The summed E-state index contributed by atoms with van der Waals surface area (Å²) in [4.78, 5) is 24.9. The van der Waals surface area contributed by atoms with Gasteiger partial charge in [0.05, 0.1) is 11.5 Å². The Bertz CT molecular complexity index is 343. The number of nitrogens with zero attached hydrogens (tertiary/aromatic N) is 1. The van der Waals surface area contributed by atoms with E-state index >= 15 is 0 Å². The molecule has 0 spiro atoms. The Balaban J connectivity index is 2.88. The second-order valence-corrected chi connectivity index (χ2v) is 6.32. The quantitative estimate of drug-likeness (QED) is 0.783. The molecule has 1 atom stereocenters. The average Bonchev–Trinajstić information content (AvgIpc) is 2.12. The Labute approximate surface area is 108 Å². The minimum atomic E-state index is -0.853. The molecule has 18 heavy (non-hydrogen) atoms. The number of ether oxygens (including phenoxy) is 1. The van der Waals surface area contributed by atoms with Gasteiger partial charge in [0.1, 0.15) is 5.60 Å². The first-order valence-corrected chi connectivity index (χ1v) is 6.29. The molecular weight excluding hydrogens is 234 g/mol. The van der Waals surface area contributed by atoms with Crippen molar-refractivity contribution >= 4 is 12.1 Å². The molecule has 0 aliphatic carbocycles. The Morgan fingerprint density at radius 2 is 1.89 bits per heavy atom. The van der Waals surface area contributed by atoms with Gasteiger partial charge in [0.25, 0.3) is 0 Å². The smallest absolute Gasteiger partial charge is 0.410 e. The van der Waals surface area contributed by atoms with E-state index in [2.05, 4.69) is 0 Å². The van der Waals surface area contributed by atoms with E-state index in [-0.39, 0.29) is 0 Å². The molecule has 1 rings (SSSR count). The third-order valence-corrected chi connectivity index (χ3v) is 3.33. The molecule has 0 bridgehead atoms. The fraction of sp³-hybridized carbons (Fsp3) is 0.846. The number of piperidine rings is 1. The molecule has 0 radical (unpaired) electrons. The summed E-state index contributed by atoms with van der Waals surface area (Å²) in [5.41, 5.74) is -1.28. The molecule has 1 amide bonds. The molecular formula is C13H23NO4. The standard InChI is InChI=1S/C13H23NO4/c1-12(2,3)18-11(17)14-8-6-7-9(10(15)16)13(14,4)5/h9H,6-8H2,1-5H3,(H,15,16). The maximum Gasteiger partial charge on any atom is 0.410 e. The fourth-order valence-electron chi connectivity index (χ4n) is 2.35. The number of aliphatic carboxylic acids is 1. The van der Waals surface area contributed by atoms with Gasteiger partial charge in [-0.15, -0.1) is 0 Å². The number of hydrogen-bond acceptors (Lipinski definition) is 3. The van der Waals surface area contributed by atoms with E-state index < -0.39 is 29.1 Å². The predicted octanol–water partition coefficient (Wildman–Crippen LogP) is 2.50. The normalized spacial score (nSPS) is 23.6. The minimum Gasteiger partial charge on any atom is -0.481 e. The first-order valence-electron chi connectivity index (χ1n) is 6.29. The molecule has 0 aromatic heterocycles. The zero-order valence-electron chi connectivity index (χ0n) is 11.8. The lowest BCUT2D eigenvalue weighted by Crippen LogP contribution is -2.58. The maximum atomic E-state index is 12.1. The number of rotatable bonds is 1. The van der Waals surface area contributed by atoms with Crippen molar-refractivity contribution < 1.29 is 19.4 Å². The number of amides is 1. The van der Waals surface area contributed by atoms with Gasteiger partial charge in [-0.2, -0.15) is 0 Å². The van der Waals surface area contributed by atoms with Gasteiger partial charge in [-0.05, 0) is 47.5 Å². The lowest BCUT2D eigenvalue weighted by atomic mass is 9.79. The highest BCUT2D eigenvalue weighted by Gasteiger charge is 2.46. The largest absolute Gasteiger partial charge is 0.481 e. The predicted molar refractivity (Wildman–Crippen MR) is 67.4 cm³/mol. The highest BCUT2D eigenvalue weighted by atomic mass is 16.6. The molecule has 1 fully saturated rings. The van der Waals surface area contributed by atoms with Crippen LogP contribution in [0.4, 0.5) is 4.79 Å². The number of likely N-dealkylation sites (tertiary alicyclic amines) is 1. The molecule has 104 valence electrons. The molecule has 0 aromatic rings.